The van der Waals surface area contributed by atoms with Crippen LogP contribution in [-0.4, -0.2) is 32.1 Å². The summed E-state index contributed by atoms with van der Waals surface area (Å²) < 4.78 is 2.64. The van der Waals surface area contributed by atoms with E-state index in [9.17, 15) is 9.59 Å². The van der Waals surface area contributed by atoms with Crippen LogP contribution in [0.4, 0.5) is 0 Å². The fraction of sp³-hybridized carbons (Fsp3) is 0.207. The molecule has 3 unspecified atom stereocenters. The molecule has 2 heterocycles. The van der Waals surface area contributed by atoms with Gasteiger partial charge < -0.3 is 0 Å². The predicted octanol–water partition coefficient (Wildman–Crippen LogP) is 4.30. The van der Waals surface area contributed by atoms with Crippen LogP contribution in [0.15, 0.2) is 117 Å². The lowest BCUT2D eigenvalue weighted by Crippen LogP contribution is -2.34. The number of aromatic amines is 1. The van der Waals surface area contributed by atoms with Gasteiger partial charge in [0.25, 0.3) is 0 Å². The highest BCUT2D eigenvalue weighted by molar-refractivity contribution is 6.05. The molecular formula is C29H27N5O2. The molecule has 0 spiro atoms. The van der Waals surface area contributed by atoms with Crippen molar-refractivity contribution >= 4 is 5.71 Å². The van der Waals surface area contributed by atoms with Gasteiger partial charge in [-0.05, 0) is 36.1 Å². The summed E-state index contributed by atoms with van der Waals surface area (Å²) in [6.07, 6.45) is 4.03. The molecule has 7 nitrogen and oxygen atoms in total. The van der Waals surface area contributed by atoms with Crippen molar-refractivity contribution in [3.05, 3.63) is 135 Å². The van der Waals surface area contributed by atoms with Crippen molar-refractivity contribution in [2.45, 2.75) is 24.9 Å². The maximum atomic E-state index is 13.7. The Morgan fingerprint density at radius 1 is 0.889 bits per heavy atom. The highest BCUT2D eigenvalue weighted by Crippen LogP contribution is 2.44. The average Bonchev–Trinajstić information content (AvgIpc) is 3.41. The Balaban J connectivity index is 1.49. The molecule has 6 rings (SSSR count). The molecule has 3 atom stereocenters. The Hall–Kier alpha value is -4.39. The first-order valence-electron chi connectivity index (χ1n) is 12.2. The summed E-state index contributed by atoms with van der Waals surface area (Å²) in [5.74, 6) is 0.197. The summed E-state index contributed by atoms with van der Waals surface area (Å²) >= 11 is 0. The number of para-hydroxylation sites is 1. The molecule has 1 aliphatic carbocycles. The normalized spacial score (nSPS) is 20.0. The molecule has 36 heavy (non-hydrogen) atoms. The first-order valence-corrected chi connectivity index (χ1v) is 12.2. The number of hydrazone groups is 1. The van der Waals surface area contributed by atoms with Gasteiger partial charge in [0.15, 0.2) is 0 Å². The van der Waals surface area contributed by atoms with Crippen LogP contribution in [0.1, 0.15) is 36.1 Å². The molecule has 0 saturated heterocycles. The molecule has 2 aliphatic rings. The number of rotatable bonds is 5. The third-order valence-electron chi connectivity index (χ3n) is 7.18. The number of nitrogens with one attached hydrogen (secondary N) is 1. The number of allylic oxidation sites excluding steroid dienone is 2. The third kappa shape index (κ3) is 3.64. The number of aromatic nitrogens is 3. The fourth-order valence-electron chi connectivity index (χ4n) is 5.63. The number of H-pyrrole nitrogens is 1. The summed E-state index contributed by atoms with van der Waals surface area (Å²) in [5, 5.41) is 9.89. The SMILES string of the molecule is CN1N=C2C(C(c3ccccc3)n3[nH]c(=O)n(-c4ccccc4)c3=O)=CCCC2C1c1ccccc1. The van der Waals surface area contributed by atoms with E-state index in [4.69, 9.17) is 5.10 Å². The second kappa shape index (κ2) is 9.00. The zero-order valence-corrected chi connectivity index (χ0v) is 20.0. The second-order valence-corrected chi connectivity index (χ2v) is 9.31. The van der Waals surface area contributed by atoms with E-state index in [1.54, 1.807) is 12.1 Å². The average molecular weight is 478 g/mol. The molecule has 1 aliphatic heterocycles. The minimum Gasteiger partial charge on any atom is -0.292 e. The summed E-state index contributed by atoms with van der Waals surface area (Å²) in [6, 6.07) is 28.9. The summed E-state index contributed by atoms with van der Waals surface area (Å²) in [7, 11) is 2.01. The summed E-state index contributed by atoms with van der Waals surface area (Å²) in [5.41, 5.74) is 3.75. The highest BCUT2D eigenvalue weighted by atomic mass is 16.2. The van der Waals surface area contributed by atoms with Crippen LogP contribution in [-0.2, 0) is 0 Å². The molecule has 0 saturated carbocycles. The smallest absolute Gasteiger partial charge is 0.292 e. The molecule has 0 radical (unpaired) electrons. The minimum atomic E-state index is -0.499. The van der Waals surface area contributed by atoms with Crippen molar-refractivity contribution in [3.8, 4) is 5.69 Å². The van der Waals surface area contributed by atoms with Gasteiger partial charge in [-0.25, -0.2) is 23.9 Å². The lowest BCUT2D eigenvalue weighted by atomic mass is 9.77. The van der Waals surface area contributed by atoms with E-state index in [1.165, 1.54) is 14.8 Å². The van der Waals surface area contributed by atoms with Crippen molar-refractivity contribution in [2.24, 2.45) is 11.0 Å². The first kappa shape index (κ1) is 22.1. The lowest BCUT2D eigenvalue weighted by Gasteiger charge is -2.30. The molecule has 0 amide bonds. The van der Waals surface area contributed by atoms with E-state index in [1.807, 2.05) is 66.7 Å². The third-order valence-corrected chi connectivity index (χ3v) is 7.18. The number of nitrogens with zero attached hydrogens (tertiary/aromatic N) is 4. The zero-order valence-electron chi connectivity index (χ0n) is 20.0. The molecule has 3 aromatic carbocycles. The number of hydrogen-bond acceptors (Lipinski definition) is 4. The van der Waals surface area contributed by atoms with Crippen molar-refractivity contribution in [2.75, 3.05) is 7.05 Å². The van der Waals surface area contributed by atoms with Crippen LogP contribution in [0.25, 0.3) is 5.69 Å². The van der Waals surface area contributed by atoms with Gasteiger partial charge >= 0.3 is 11.4 Å². The summed E-state index contributed by atoms with van der Waals surface area (Å²) in [6.45, 7) is 0. The topological polar surface area (TPSA) is 75.4 Å². The molecule has 7 heteroatoms. The Morgan fingerprint density at radius 3 is 2.22 bits per heavy atom. The van der Waals surface area contributed by atoms with Gasteiger partial charge in [0.1, 0.15) is 6.04 Å². The maximum Gasteiger partial charge on any atom is 0.352 e. The van der Waals surface area contributed by atoms with Crippen LogP contribution in [0.3, 0.4) is 0 Å². The van der Waals surface area contributed by atoms with Crippen LogP contribution >= 0.6 is 0 Å². The molecule has 0 bridgehead atoms. The van der Waals surface area contributed by atoms with Crippen molar-refractivity contribution in [3.63, 3.8) is 0 Å². The van der Waals surface area contributed by atoms with E-state index in [2.05, 4.69) is 35.4 Å². The van der Waals surface area contributed by atoms with Gasteiger partial charge in [0.05, 0.1) is 17.4 Å². The number of fused-ring (bicyclic) bond motifs is 1. The molecule has 1 N–H and O–H groups in total. The molecule has 1 aromatic heterocycles. The Labute approximate surface area is 208 Å². The minimum absolute atomic E-state index is 0.131. The van der Waals surface area contributed by atoms with Crippen LogP contribution in [0, 0.1) is 5.92 Å². The maximum absolute atomic E-state index is 13.7. The van der Waals surface area contributed by atoms with E-state index in [0.717, 1.165) is 29.7 Å². The van der Waals surface area contributed by atoms with E-state index >= 15 is 0 Å². The fourth-order valence-corrected chi connectivity index (χ4v) is 5.63. The van der Waals surface area contributed by atoms with Crippen molar-refractivity contribution in [1.82, 2.24) is 19.4 Å². The molecule has 180 valence electrons. The quantitative estimate of drug-likeness (QED) is 0.466. The van der Waals surface area contributed by atoms with E-state index < -0.39 is 17.4 Å². The first-order chi connectivity index (χ1) is 17.6. The monoisotopic (exact) mass is 477 g/mol. The van der Waals surface area contributed by atoms with E-state index in [0.29, 0.717) is 5.69 Å². The van der Waals surface area contributed by atoms with Crippen molar-refractivity contribution < 1.29 is 0 Å². The predicted molar refractivity (Wildman–Crippen MR) is 140 cm³/mol. The Kier molecular flexibility index (Phi) is 5.52. The molecule has 4 aromatic rings. The molecular weight excluding hydrogens is 450 g/mol. The van der Waals surface area contributed by atoms with Gasteiger partial charge in [0.2, 0.25) is 0 Å². The van der Waals surface area contributed by atoms with Crippen LogP contribution < -0.4 is 11.4 Å². The Morgan fingerprint density at radius 2 is 1.53 bits per heavy atom. The van der Waals surface area contributed by atoms with Gasteiger partial charge in [-0.2, -0.15) is 5.10 Å². The Bertz CT molecular complexity index is 1550. The number of benzene rings is 3. The standard InChI is InChI=1S/C29H27N5O2/c1-32-26(20-12-5-2-6-13-20)23-18-11-19-24(25(23)30-32)27(21-14-7-3-8-15-21)34-29(36)33(28(35)31-34)22-16-9-4-10-17-22/h2-10,12-17,19,23,26-27H,11,18H2,1H3,(H,31,35). The lowest BCUT2D eigenvalue weighted by molar-refractivity contribution is 0.244. The molecule has 0 fully saturated rings. The van der Waals surface area contributed by atoms with Gasteiger partial charge in [-0.15, -0.1) is 0 Å². The number of hydrogen-bond donors (Lipinski definition) is 1. The van der Waals surface area contributed by atoms with Gasteiger partial charge in [-0.1, -0.05) is 84.9 Å². The van der Waals surface area contributed by atoms with Crippen molar-refractivity contribution in [1.29, 1.82) is 0 Å². The van der Waals surface area contributed by atoms with Gasteiger partial charge in [-0.3, -0.25) is 5.01 Å². The largest absolute Gasteiger partial charge is 0.352 e. The second-order valence-electron chi connectivity index (χ2n) is 9.31. The van der Waals surface area contributed by atoms with Gasteiger partial charge in [0, 0.05) is 18.5 Å². The van der Waals surface area contributed by atoms with Crippen LogP contribution in [0.5, 0.6) is 0 Å². The zero-order chi connectivity index (χ0) is 24.6. The van der Waals surface area contributed by atoms with E-state index in [-0.39, 0.29) is 12.0 Å². The highest BCUT2D eigenvalue weighted by Gasteiger charge is 2.42. The van der Waals surface area contributed by atoms with Crippen LogP contribution in [0.2, 0.25) is 0 Å². The summed E-state index contributed by atoms with van der Waals surface area (Å²) in [4.78, 5) is 26.7.